The van der Waals surface area contributed by atoms with Crippen LogP contribution in [0.3, 0.4) is 0 Å². The summed E-state index contributed by atoms with van der Waals surface area (Å²) in [6, 6.07) is 18.3. The molecule has 0 saturated carbocycles. The van der Waals surface area contributed by atoms with E-state index in [9.17, 15) is 0 Å². The highest BCUT2D eigenvalue weighted by Gasteiger charge is 2.03. The molecule has 2 aromatic carbocycles. The van der Waals surface area contributed by atoms with Crippen LogP contribution < -0.4 is 5.73 Å². The minimum absolute atomic E-state index is 0.233. The molecule has 1 heterocycles. The zero-order chi connectivity index (χ0) is 13.1. The average Bonchev–Trinajstić information content (AvgIpc) is 2.48. The van der Waals surface area contributed by atoms with Gasteiger partial charge in [0.2, 0.25) is 5.95 Å². The first-order valence-electron chi connectivity index (χ1n) is 5.93. The van der Waals surface area contributed by atoms with Gasteiger partial charge >= 0.3 is 0 Å². The Morgan fingerprint density at radius 2 is 1.32 bits per heavy atom. The number of nitrogens with zero attached hydrogens (tertiary/aromatic N) is 3. The molecule has 1 aromatic heterocycles. The molecule has 0 amide bonds. The fourth-order valence-electron chi connectivity index (χ4n) is 1.89. The van der Waals surface area contributed by atoms with Crippen molar-refractivity contribution in [1.29, 1.82) is 0 Å². The van der Waals surface area contributed by atoms with Crippen molar-refractivity contribution in [3.63, 3.8) is 0 Å². The van der Waals surface area contributed by atoms with E-state index in [2.05, 4.69) is 27.1 Å². The van der Waals surface area contributed by atoms with Crippen molar-refractivity contribution in [3.8, 4) is 22.5 Å². The van der Waals surface area contributed by atoms with Crippen molar-refractivity contribution in [2.24, 2.45) is 0 Å². The second-order valence-corrected chi connectivity index (χ2v) is 4.11. The lowest BCUT2D eigenvalue weighted by Crippen LogP contribution is -1.97. The Kier molecular flexibility index (Phi) is 2.90. The SMILES string of the molecule is Nc1ncnc(-c2ccc(-c3ccccc3)cc2)n1. The van der Waals surface area contributed by atoms with Gasteiger partial charge in [0.05, 0.1) is 0 Å². The van der Waals surface area contributed by atoms with Crippen LogP contribution in [0, 0.1) is 0 Å². The van der Waals surface area contributed by atoms with E-state index in [1.165, 1.54) is 11.9 Å². The van der Waals surface area contributed by atoms with Crippen molar-refractivity contribution >= 4 is 5.95 Å². The molecule has 0 saturated heterocycles. The monoisotopic (exact) mass is 248 g/mol. The summed E-state index contributed by atoms with van der Waals surface area (Å²) >= 11 is 0. The molecule has 0 aliphatic heterocycles. The molecular formula is C15H12N4. The molecule has 0 radical (unpaired) electrons. The third-order valence-corrected chi connectivity index (χ3v) is 2.84. The maximum atomic E-state index is 5.55. The second kappa shape index (κ2) is 4.86. The van der Waals surface area contributed by atoms with Gasteiger partial charge < -0.3 is 5.73 Å². The van der Waals surface area contributed by atoms with Crippen LogP contribution in [0.1, 0.15) is 0 Å². The minimum Gasteiger partial charge on any atom is -0.368 e. The Balaban J connectivity index is 1.95. The van der Waals surface area contributed by atoms with Gasteiger partial charge in [-0.15, -0.1) is 0 Å². The van der Waals surface area contributed by atoms with Crippen molar-refractivity contribution in [1.82, 2.24) is 15.0 Å². The summed E-state index contributed by atoms with van der Waals surface area (Å²) < 4.78 is 0. The number of hydrogen-bond donors (Lipinski definition) is 1. The molecular weight excluding hydrogens is 236 g/mol. The number of nitrogen functional groups attached to an aromatic ring is 1. The molecule has 0 spiro atoms. The highest BCUT2D eigenvalue weighted by Crippen LogP contribution is 2.22. The van der Waals surface area contributed by atoms with E-state index in [1.54, 1.807) is 0 Å². The predicted molar refractivity (Wildman–Crippen MR) is 75.1 cm³/mol. The molecule has 0 bridgehead atoms. The highest BCUT2D eigenvalue weighted by atomic mass is 15.1. The van der Waals surface area contributed by atoms with Crippen molar-refractivity contribution < 1.29 is 0 Å². The summed E-state index contributed by atoms with van der Waals surface area (Å²) in [6.45, 7) is 0. The number of rotatable bonds is 2. The van der Waals surface area contributed by atoms with Gasteiger partial charge in [0.1, 0.15) is 6.33 Å². The normalized spacial score (nSPS) is 10.3. The standard InChI is InChI=1S/C15H12N4/c16-15-18-10-17-14(19-15)13-8-6-12(7-9-13)11-4-2-1-3-5-11/h1-10H,(H2,16,17,18,19). The molecule has 0 atom stereocenters. The molecule has 4 nitrogen and oxygen atoms in total. The van der Waals surface area contributed by atoms with Crippen LogP contribution in [0.15, 0.2) is 60.9 Å². The molecule has 0 fully saturated rings. The summed E-state index contributed by atoms with van der Waals surface area (Å²) in [7, 11) is 0. The molecule has 3 aromatic rings. The zero-order valence-corrected chi connectivity index (χ0v) is 10.2. The molecule has 2 N–H and O–H groups in total. The zero-order valence-electron chi connectivity index (χ0n) is 10.2. The second-order valence-electron chi connectivity index (χ2n) is 4.11. The molecule has 92 valence electrons. The van der Waals surface area contributed by atoms with Crippen molar-refractivity contribution in [3.05, 3.63) is 60.9 Å². The average molecular weight is 248 g/mol. The number of nitrogens with two attached hydrogens (primary N) is 1. The van der Waals surface area contributed by atoms with Crippen molar-refractivity contribution in [2.75, 3.05) is 5.73 Å². The lowest BCUT2D eigenvalue weighted by atomic mass is 10.0. The summed E-state index contributed by atoms with van der Waals surface area (Å²) in [5.74, 6) is 0.823. The van der Waals surface area contributed by atoms with Gasteiger partial charge in [0.25, 0.3) is 0 Å². The van der Waals surface area contributed by atoms with E-state index in [0.29, 0.717) is 5.82 Å². The van der Waals surface area contributed by atoms with E-state index < -0.39 is 0 Å². The van der Waals surface area contributed by atoms with E-state index in [0.717, 1.165) is 11.1 Å². The molecule has 4 heteroatoms. The summed E-state index contributed by atoms with van der Waals surface area (Å²) in [5.41, 5.74) is 8.82. The predicted octanol–water partition coefficient (Wildman–Crippen LogP) is 2.79. The first-order chi connectivity index (χ1) is 9.33. The quantitative estimate of drug-likeness (QED) is 0.757. The Bertz CT molecular complexity index is 678. The summed E-state index contributed by atoms with van der Waals surface area (Å²) in [6.07, 6.45) is 1.42. The smallest absolute Gasteiger partial charge is 0.223 e. The number of anilines is 1. The van der Waals surface area contributed by atoms with Gasteiger partial charge in [-0.05, 0) is 11.1 Å². The van der Waals surface area contributed by atoms with Gasteiger partial charge in [0, 0.05) is 5.56 Å². The molecule has 0 unspecified atom stereocenters. The summed E-state index contributed by atoms with van der Waals surface area (Å²) in [5, 5.41) is 0. The van der Waals surface area contributed by atoms with Crippen LogP contribution in [0.4, 0.5) is 5.95 Å². The van der Waals surface area contributed by atoms with Gasteiger partial charge in [-0.3, -0.25) is 0 Å². The van der Waals surface area contributed by atoms with Gasteiger partial charge in [-0.1, -0.05) is 54.6 Å². The van der Waals surface area contributed by atoms with E-state index in [4.69, 9.17) is 5.73 Å². The fourth-order valence-corrected chi connectivity index (χ4v) is 1.89. The number of benzene rings is 2. The Morgan fingerprint density at radius 1 is 0.684 bits per heavy atom. The Morgan fingerprint density at radius 3 is 2.00 bits per heavy atom. The van der Waals surface area contributed by atoms with Crippen LogP contribution >= 0.6 is 0 Å². The first kappa shape index (κ1) is 11.3. The number of hydrogen-bond acceptors (Lipinski definition) is 4. The third kappa shape index (κ3) is 2.42. The van der Waals surface area contributed by atoms with Crippen LogP contribution in [0.5, 0.6) is 0 Å². The highest BCUT2D eigenvalue weighted by molar-refractivity contribution is 5.67. The lowest BCUT2D eigenvalue weighted by Gasteiger charge is -2.03. The molecule has 3 rings (SSSR count). The first-order valence-corrected chi connectivity index (χ1v) is 5.93. The van der Waals surface area contributed by atoms with Gasteiger partial charge in [0.15, 0.2) is 5.82 Å². The van der Waals surface area contributed by atoms with Crippen LogP contribution in [-0.4, -0.2) is 15.0 Å². The van der Waals surface area contributed by atoms with Crippen LogP contribution in [0.2, 0.25) is 0 Å². The summed E-state index contributed by atoms with van der Waals surface area (Å²) in [4.78, 5) is 12.0. The van der Waals surface area contributed by atoms with Crippen LogP contribution in [-0.2, 0) is 0 Å². The largest absolute Gasteiger partial charge is 0.368 e. The van der Waals surface area contributed by atoms with E-state index in [1.807, 2.05) is 42.5 Å². The van der Waals surface area contributed by atoms with Gasteiger partial charge in [-0.25, -0.2) is 9.97 Å². The fraction of sp³-hybridized carbons (Fsp3) is 0. The van der Waals surface area contributed by atoms with Crippen molar-refractivity contribution in [2.45, 2.75) is 0 Å². The van der Waals surface area contributed by atoms with Gasteiger partial charge in [-0.2, -0.15) is 4.98 Å². The lowest BCUT2D eigenvalue weighted by molar-refractivity contribution is 1.07. The maximum absolute atomic E-state index is 5.55. The molecule has 0 aliphatic carbocycles. The van der Waals surface area contributed by atoms with E-state index >= 15 is 0 Å². The third-order valence-electron chi connectivity index (χ3n) is 2.84. The van der Waals surface area contributed by atoms with Crippen LogP contribution in [0.25, 0.3) is 22.5 Å². The number of aromatic nitrogens is 3. The molecule has 0 aliphatic rings. The topological polar surface area (TPSA) is 64.7 Å². The maximum Gasteiger partial charge on any atom is 0.223 e. The Labute approximate surface area is 111 Å². The molecule has 19 heavy (non-hydrogen) atoms. The Hall–Kier alpha value is -2.75. The van der Waals surface area contributed by atoms with E-state index in [-0.39, 0.29) is 5.95 Å². The minimum atomic E-state index is 0.233.